The summed E-state index contributed by atoms with van der Waals surface area (Å²) in [4.78, 5) is 34.2. The molecule has 2 aromatic rings. The van der Waals surface area contributed by atoms with Crippen LogP contribution in [0.4, 0.5) is 24.5 Å². The maximum absolute atomic E-state index is 13.6. The zero-order valence-electron chi connectivity index (χ0n) is 14.1. The Hall–Kier alpha value is -3.43. The number of ether oxygens (including phenoxy) is 1. The minimum Gasteiger partial charge on any atom is -0.449 e. The molecule has 10 heteroatoms. The van der Waals surface area contributed by atoms with Crippen LogP contribution in [-0.2, 0) is 9.53 Å². The molecule has 7 nitrogen and oxygen atoms in total. The average Bonchev–Trinajstić information content (AvgIpc) is 2.61. The summed E-state index contributed by atoms with van der Waals surface area (Å²) in [5.41, 5.74) is -0.619. The van der Waals surface area contributed by atoms with Gasteiger partial charge in [-0.1, -0.05) is 0 Å². The fraction of sp³-hybridized carbons (Fsp3) is 0.176. The molecule has 1 atom stereocenters. The Labute approximate surface area is 150 Å². The van der Waals surface area contributed by atoms with E-state index >= 15 is 0 Å². The summed E-state index contributed by atoms with van der Waals surface area (Å²) in [5, 5.41) is 12.8. The van der Waals surface area contributed by atoms with E-state index < -0.39 is 46.0 Å². The molecule has 142 valence electrons. The van der Waals surface area contributed by atoms with E-state index in [1.165, 1.54) is 19.9 Å². The third kappa shape index (κ3) is 4.40. The first-order valence-electron chi connectivity index (χ1n) is 7.52. The molecule has 0 bridgehead atoms. The van der Waals surface area contributed by atoms with E-state index in [9.17, 15) is 32.9 Å². The van der Waals surface area contributed by atoms with Crippen LogP contribution in [0.2, 0.25) is 0 Å². The molecule has 2 aromatic carbocycles. The highest BCUT2D eigenvalue weighted by atomic mass is 19.2. The first kappa shape index (κ1) is 19.9. The molecular weight excluding hydrogens is 369 g/mol. The topological polar surface area (TPSA) is 98.5 Å². The van der Waals surface area contributed by atoms with Gasteiger partial charge in [0.05, 0.1) is 16.2 Å². The first-order valence-corrected chi connectivity index (χ1v) is 7.52. The number of benzene rings is 2. The standard InChI is InChI=1S/C17H13F3N2O5/c1-8-7-10(3-6-13(8)22(25)26)17(24)27-9(2)16(23)21-12-5-4-11(18)14(19)15(12)20/h3-7,9H,1-2H3,(H,21,23)/t9-/m1/s1. The first-order chi connectivity index (χ1) is 12.6. The molecule has 2 rings (SSSR count). The molecule has 0 aromatic heterocycles. The molecule has 1 amide bonds. The van der Waals surface area contributed by atoms with Gasteiger partial charge < -0.3 is 10.1 Å². The van der Waals surface area contributed by atoms with Crippen molar-refractivity contribution in [1.29, 1.82) is 0 Å². The van der Waals surface area contributed by atoms with Crippen molar-refractivity contribution in [3.8, 4) is 0 Å². The number of carbonyl (C=O) groups is 2. The summed E-state index contributed by atoms with van der Waals surface area (Å²) >= 11 is 0. The van der Waals surface area contributed by atoms with E-state index in [0.717, 1.165) is 18.2 Å². The highest BCUT2D eigenvalue weighted by Crippen LogP contribution is 2.21. The Morgan fingerprint density at radius 1 is 1.15 bits per heavy atom. The van der Waals surface area contributed by atoms with Crippen LogP contribution in [0.1, 0.15) is 22.8 Å². The van der Waals surface area contributed by atoms with Gasteiger partial charge in [-0.3, -0.25) is 14.9 Å². The highest BCUT2D eigenvalue weighted by molar-refractivity contribution is 5.97. The van der Waals surface area contributed by atoms with Gasteiger partial charge in [0.25, 0.3) is 11.6 Å². The predicted molar refractivity (Wildman–Crippen MR) is 87.7 cm³/mol. The Kier molecular flexibility index (Phi) is 5.78. The van der Waals surface area contributed by atoms with Gasteiger partial charge in [-0.25, -0.2) is 18.0 Å². The van der Waals surface area contributed by atoms with Crippen LogP contribution in [-0.4, -0.2) is 22.9 Å². The molecule has 27 heavy (non-hydrogen) atoms. The number of amides is 1. The minimum absolute atomic E-state index is 0.0308. The number of nitrogens with one attached hydrogen (secondary N) is 1. The molecule has 0 radical (unpaired) electrons. The maximum Gasteiger partial charge on any atom is 0.338 e. The molecule has 0 saturated heterocycles. The third-order valence-corrected chi connectivity index (χ3v) is 3.58. The molecule has 0 aliphatic carbocycles. The number of anilines is 1. The minimum atomic E-state index is -1.75. The van der Waals surface area contributed by atoms with Crippen molar-refractivity contribution in [3.05, 3.63) is 69.0 Å². The van der Waals surface area contributed by atoms with E-state index in [-0.39, 0.29) is 16.8 Å². The van der Waals surface area contributed by atoms with E-state index in [4.69, 9.17) is 4.74 Å². The number of carbonyl (C=O) groups excluding carboxylic acids is 2. The van der Waals surface area contributed by atoms with E-state index in [1.54, 1.807) is 0 Å². The highest BCUT2D eigenvalue weighted by Gasteiger charge is 2.23. The van der Waals surface area contributed by atoms with Gasteiger partial charge in [-0.15, -0.1) is 0 Å². The van der Waals surface area contributed by atoms with Gasteiger partial charge in [0.15, 0.2) is 23.6 Å². The van der Waals surface area contributed by atoms with Crippen LogP contribution in [0.15, 0.2) is 30.3 Å². The number of rotatable bonds is 5. The molecule has 0 spiro atoms. The summed E-state index contributed by atoms with van der Waals surface area (Å²) in [6.07, 6.45) is -1.40. The maximum atomic E-state index is 13.6. The molecule has 0 aliphatic heterocycles. The van der Waals surface area contributed by atoms with Gasteiger partial charge in [-0.05, 0) is 38.1 Å². The summed E-state index contributed by atoms with van der Waals surface area (Å²) in [7, 11) is 0. The van der Waals surface area contributed by atoms with Crippen LogP contribution >= 0.6 is 0 Å². The largest absolute Gasteiger partial charge is 0.449 e. The zero-order chi connectivity index (χ0) is 20.3. The van der Waals surface area contributed by atoms with Crippen molar-refractivity contribution in [3.63, 3.8) is 0 Å². The van der Waals surface area contributed by atoms with Gasteiger partial charge in [-0.2, -0.15) is 0 Å². The fourth-order valence-electron chi connectivity index (χ4n) is 2.13. The summed E-state index contributed by atoms with van der Waals surface area (Å²) in [6.45, 7) is 2.61. The molecule has 0 fully saturated rings. The second kappa shape index (κ2) is 7.85. The van der Waals surface area contributed by atoms with Crippen LogP contribution < -0.4 is 5.32 Å². The van der Waals surface area contributed by atoms with Crippen molar-refractivity contribution in [2.45, 2.75) is 20.0 Å². The van der Waals surface area contributed by atoms with Gasteiger partial charge in [0, 0.05) is 11.6 Å². The average molecular weight is 382 g/mol. The van der Waals surface area contributed by atoms with Crippen LogP contribution in [0, 0.1) is 34.5 Å². The van der Waals surface area contributed by atoms with E-state index in [2.05, 4.69) is 0 Å². The lowest BCUT2D eigenvalue weighted by molar-refractivity contribution is -0.385. The lowest BCUT2D eigenvalue weighted by Crippen LogP contribution is -2.30. The molecule has 0 unspecified atom stereocenters. The van der Waals surface area contributed by atoms with Crippen molar-refractivity contribution >= 4 is 23.3 Å². The fourth-order valence-corrected chi connectivity index (χ4v) is 2.13. The summed E-state index contributed by atoms with van der Waals surface area (Å²) in [6, 6.07) is 4.95. The second-order valence-corrected chi connectivity index (χ2v) is 5.52. The Morgan fingerprint density at radius 2 is 1.81 bits per heavy atom. The smallest absolute Gasteiger partial charge is 0.338 e. The number of nitro groups is 1. The van der Waals surface area contributed by atoms with E-state index in [0.29, 0.717) is 6.07 Å². The van der Waals surface area contributed by atoms with Crippen molar-refractivity contribution in [2.75, 3.05) is 5.32 Å². The van der Waals surface area contributed by atoms with Crippen molar-refractivity contribution < 1.29 is 32.4 Å². The lowest BCUT2D eigenvalue weighted by Gasteiger charge is -2.14. The van der Waals surface area contributed by atoms with Crippen LogP contribution in [0.25, 0.3) is 0 Å². The second-order valence-electron chi connectivity index (χ2n) is 5.52. The van der Waals surface area contributed by atoms with Crippen LogP contribution in [0.3, 0.4) is 0 Å². The normalized spacial score (nSPS) is 11.6. The summed E-state index contributed by atoms with van der Waals surface area (Å²) < 4.78 is 44.5. The molecule has 0 saturated carbocycles. The Bertz CT molecular complexity index is 933. The summed E-state index contributed by atoms with van der Waals surface area (Å²) in [5.74, 6) is -6.68. The number of esters is 1. The molecular formula is C17H13F3N2O5. The number of nitrogens with zero attached hydrogens (tertiary/aromatic N) is 1. The lowest BCUT2D eigenvalue weighted by atomic mass is 10.1. The zero-order valence-corrected chi connectivity index (χ0v) is 14.1. The van der Waals surface area contributed by atoms with Gasteiger partial charge in [0.2, 0.25) is 0 Å². The number of nitro benzene ring substituents is 1. The predicted octanol–water partition coefficient (Wildman–Crippen LogP) is 3.50. The van der Waals surface area contributed by atoms with Crippen molar-refractivity contribution in [1.82, 2.24) is 0 Å². The SMILES string of the molecule is Cc1cc(C(=O)O[C@H](C)C(=O)Nc2ccc(F)c(F)c2F)ccc1[N+](=O)[O-]. The van der Waals surface area contributed by atoms with Gasteiger partial charge in [0.1, 0.15) is 0 Å². The molecule has 1 N–H and O–H groups in total. The molecule has 0 aliphatic rings. The molecule has 0 heterocycles. The number of aryl methyl sites for hydroxylation is 1. The van der Waals surface area contributed by atoms with E-state index in [1.807, 2.05) is 5.32 Å². The quantitative estimate of drug-likeness (QED) is 0.369. The third-order valence-electron chi connectivity index (χ3n) is 3.58. The van der Waals surface area contributed by atoms with Gasteiger partial charge >= 0.3 is 5.97 Å². The monoisotopic (exact) mass is 382 g/mol. The Balaban J connectivity index is 2.08. The van der Waals surface area contributed by atoms with Crippen molar-refractivity contribution in [2.24, 2.45) is 0 Å². The number of halogens is 3. The van der Waals surface area contributed by atoms with Crippen LogP contribution in [0.5, 0.6) is 0 Å². The number of hydrogen-bond acceptors (Lipinski definition) is 5. The Morgan fingerprint density at radius 3 is 2.41 bits per heavy atom. The number of hydrogen-bond donors (Lipinski definition) is 1.